The van der Waals surface area contributed by atoms with Crippen LogP contribution >= 0.6 is 0 Å². The van der Waals surface area contributed by atoms with Crippen LogP contribution in [-0.4, -0.2) is 19.1 Å². The highest BCUT2D eigenvalue weighted by Crippen LogP contribution is 2.29. The fraction of sp³-hybridized carbons (Fsp3) is 0.533. The van der Waals surface area contributed by atoms with E-state index in [1.807, 2.05) is 0 Å². The standard InChI is InChI=1S/C15H21NO2/c1-2-12-3-5-13(6-4-12)11-16-9-10-18-15(17)14-7-8-14/h3-6,14,16H,2,7-11H2,1H3. The van der Waals surface area contributed by atoms with E-state index in [2.05, 4.69) is 36.5 Å². The summed E-state index contributed by atoms with van der Waals surface area (Å²) in [7, 11) is 0. The molecule has 0 amide bonds. The van der Waals surface area contributed by atoms with Crippen LogP contribution in [0.1, 0.15) is 30.9 Å². The molecule has 98 valence electrons. The summed E-state index contributed by atoms with van der Waals surface area (Å²) in [5.74, 6) is 0.177. The van der Waals surface area contributed by atoms with Gasteiger partial charge in [0, 0.05) is 13.1 Å². The molecule has 1 aromatic carbocycles. The van der Waals surface area contributed by atoms with E-state index in [0.29, 0.717) is 13.2 Å². The Morgan fingerprint density at radius 2 is 1.94 bits per heavy atom. The number of esters is 1. The number of hydrogen-bond acceptors (Lipinski definition) is 3. The molecule has 1 saturated carbocycles. The molecule has 1 aromatic rings. The van der Waals surface area contributed by atoms with Crippen molar-refractivity contribution in [1.29, 1.82) is 0 Å². The van der Waals surface area contributed by atoms with E-state index in [-0.39, 0.29) is 11.9 Å². The van der Waals surface area contributed by atoms with E-state index < -0.39 is 0 Å². The molecule has 1 aliphatic carbocycles. The molecule has 0 atom stereocenters. The van der Waals surface area contributed by atoms with Gasteiger partial charge in [-0.25, -0.2) is 0 Å². The largest absolute Gasteiger partial charge is 0.464 e. The topological polar surface area (TPSA) is 38.3 Å². The van der Waals surface area contributed by atoms with Crippen LogP contribution in [0.15, 0.2) is 24.3 Å². The van der Waals surface area contributed by atoms with Gasteiger partial charge in [0.1, 0.15) is 6.61 Å². The summed E-state index contributed by atoms with van der Waals surface area (Å²) >= 11 is 0. The van der Waals surface area contributed by atoms with Crippen LogP contribution in [0.4, 0.5) is 0 Å². The Morgan fingerprint density at radius 3 is 2.56 bits per heavy atom. The highest BCUT2D eigenvalue weighted by atomic mass is 16.5. The lowest BCUT2D eigenvalue weighted by Crippen LogP contribution is -2.21. The first-order valence-electron chi connectivity index (χ1n) is 6.74. The van der Waals surface area contributed by atoms with Crippen molar-refractivity contribution in [2.45, 2.75) is 32.7 Å². The normalized spacial score (nSPS) is 14.5. The maximum atomic E-state index is 11.3. The number of carbonyl (C=O) groups is 1. The number of nitrogens with one attached hydrogen (secondary N) is 1. The first-order valence-corrected chi connectivity index (χ1v) is 6.74. The van der Waals surface area contributed by atoms with Crippen LogP contribution in [0.5, 0.6) is 0 Å². The molecule has 1 N–H and O–H groups in total. The molecule has 1 aliphatic rings. The third-order valence-electron chi connectivity index (χ3n) is 3.19. The molecular formula is C15H21NO2. The molecule has 0 bridgehead atoms. The molecule has 0 radical (unpaired) electrons. The number of aryl methyl sites for hydroxylation is 1. The molecule has 0 heterocycles. The highest BCUT2D eigenvalue weighted by Gasteiger charge is 2.30. The van der Waals surface area contributed by atoms with Gasteiger partial charge in [0.05, 0.1) is 5.92 Å². The summed E-state index contributed by atoms with van der Waals surface area (Å²) in [4.78, 5) is 11.3. The van der Waals surface area contributed by atoms with Crippen LogP contribution in [0, 0.1) is 5.92 Å². The molecule has 18 heavy (non-hydrogen) atoms. The number of rotatable bonds is 7. The minimum absolute atomic E-state index is 0.0240. The maximum absolute atomic E-state index is 11.3. The quantitative estimate of drug-likeness (QED) is 0.593. The molecule has 2 rings (SSSR count). The van der Waals surface area contributed by atoms with Gasteiger partial charge >= 0.3 is 5.97 Å². The zero-order valence-corrected chi connectivity index (χ0v) is 10.9. The lowest BCUT2D eigenvalue weighted by atomic mass is 10.1. The molecule has 0 aromatic heterocycles. The zero-order valence-electron chi connectivity index (χ0n) is 10.9. The molecule has 3 nitrogen and oxygen atoms in total. The Labute approximate surface area is 109 Å². The molecule has 0 unspecified atom stereocenters. The van der Waals surface area contributed by atoms with Crippen molar-refractivity contribution in [3.8, 4) is 0 Å². The first kappa shape index (κ1) is 13.1. The molecule has 0 spiro atoms. The van der Waals surface area contributed by atoms with Crippen LogP contribution in [0.2, 0.25) is 0 Å². The van der Waals surface area contributed by atoms with Gasteiger partial charge in [0.15, 0.2) is 0 Å². The second kappa shape index (κ2) is 6.55. The van der Waals surface area contributed by atoms with E-state index in [4.69, 9.17) is 4.74 Å². The van der Waals surface area contributed by atoms with E-state index in [1.54, 1.807) is 0 Å². The molecule has 3 heteroatoms. The van der Waals surface area contributed by atoms with Crippen molar-refractivity contribution in [2.75, 3.05) is 13.2 Å². The van der Waals surface area contributed by atoms with Gasteiger partial charge < -0.3 is 10.1 Å². The molecular weight excluding hydrogens is 226 g/mol. The fourth-order valence-corrected chi connectivity index (χ4v) is 1.79. The number of ether oxygens (including phenoxy) is 1. The average Bonchev–Trinajstić information content (AvgIpc) is 3.23. The summed E-state index contributed by atoms with van der Waals surface area (Å²) in [6, 6.07) is 8.60. The second-order valence-electron chi connectivity index (χ2n) is 4.79. The van der Waals surface area contributed by atoms with Crippen molar-refractivity contribution in [3.63, 3.8) is 0 Å². The average molecular weight is 247 g/mol. The smallest absolute Gasteiger partial charge is 0.308 e. The van der Waals surface area contributed by atoms with Crippen molar-refractivity contribution in [1.82, 2.24) is 5.32 Å². The van der Waals surface area contributed by atoms with E-state index in [9.17, 15) is 4.79 Å². The fourth-order valence-electron chi connectivity index (χ4n) is 1.79. The minimum atomic E-state index is -0.0240. The van der Waals surface area contributed by atoms with Crippen molar-refractivity contribution >= 4 is 5.97 Å². The molecule has 0 aliphatic heterocycles. The van der Waals surface area contributed by atoms with E-state index in [1.165, 1.54) is 11.1 Å². The predicted molar refractivity (Wildman–Crippen MR) is 71.2 cm³/mol. The summed E-state index contributed by atoms with van der Waals surface area (Å²) < 4.78 is 5.14. The molecule has 0 saturated heterocycles. The lowest BCUT2D eigenvalue weighted by molar-refractivity contribution is -0.145. The summed E-state index contributed by atoms with van der Waals surface area (Å²) in [5, 5.41) is 3.28. The third-order valence-corrected chi connectivity index (χ3v) is 3.19. The third kappa shape index (κ3) is 4.15. The Morgan fingerprint density at radius 1 is 1.28 bits per heavy atom. The SMILES string of the molecule is CCc1ccc(CNCCOC(=O)C2CC2)cc1. The van der Waals surface area contributed by atoms with Gasteiger partial charge in [0.2, 0.25) is 0 Å². The number of benzene rings is 1. The lowest BCUT2D eigenvalue weighted by Gasteiger charge is -2.06. The predicted octanol–water partition coefficient (Wildman–Crippen LogP) is 2.29. The zero-order chi connectivity index (χ0) is 12.8. The van der Waals surface area contributed by atoms with Gasteiger partial charge in [-0.3, -0.25) is 4.79 Å². The van der Waals surface area contributed by atoms with E-state index in [0.717, 1.165) is 25.8 Å². The Balaban J connectivity index is 1.57. The number of carbonyl (C=O) groups excluding carboxylic acids is 1. The van der Waals surface area contributed by atoms with Gasteiger partial charge in [0.25, 0.3) is 0 Å². The van der Waals surface area contributed by atoms with Crippen molar-refractivity contribution in [2.24, 2.45) is 5.92 Å². The second-order valence-corrected chi connectivity index (χ2v) is 4.79. The van der Waals surface area contributed by atoms with Gasteiger partial charge in [-0.15, -0.1) is 0 Å². The van der Waals surface area contributed by atoms with Crippen molar-refractivity contribution < 1.29 is 9.53 Å². The van der Waals surface area contributed by atoms with Gasteiger partial charge in [-0.2, -0.15) is 0 Å². The molecule has 1 fully saturated rings. The van der Waals surface area contributed by atoms with Gasteiger partial charge in [-0.1, -0.05) is 31.2 Å². The monoisotopic (exact) mass is 247 g/mol. The van der Waals surface area contributed by atoms with Crippen LogP contribution in [0.3, 0.4) is 0 Å². The van der Waals surface area contributed by atoms with Crippen LogP contribution < -0.4 is 5.32 Å². The summed E-state index contributed by atoms with van der Waals surface area (Å²) in [5.41, 5.74) is 2.62. The Kier molecular flexibility index (Phi) is 4.76. The summed E-state index contributed by atoms with van der Waals surface area (Å²) in [6.07, 6.45) is 3.09. The maximum Gasteiger partial charge on any atom is 0.308 e. The number of hydrogen-bond donors (Lipinski definition) is 1. The van der Waals surface area contributed by atoms with Crippen LogP contribution in [-0.2, 0) is 22.5 Å². The minimum Gasteiger partial charge on any atom is -0.464 e. The first-order chi connectivity index (χ1) is 8.79. The highest BCUT2D eigenvalue weighted by molar-refractivity contribution is 5.74. The Bertz CT molecular complexity index is 382. The summed E-state index contributed by atoms with van der Waals surface area (Å²) in [6.45, 7) is 4.17. The van der Waals surface area contributed by atoms with Gasteiger partial charge in [-0.05, 0) is 30.4 Å². The Hall–Kier alpha value is -1.35. The van der Waals surface area contributed by atoms with Crippen molar-refractivity contribution in [3.05, 3.63) is 35.4 Å². The van der Waals surface area contributed by atoms with Crippen LogP contribution in [0.25, 0.3) is 0 Å². The van der Waals surface area contributed by atoms with E-state index >= 15 is 0 Å².